The Bertz CT molecular complexity index is 301. The van der Waals surface area contributed by atoms with Gasteiger partial charge in [-0.15, -0.1) is 0 Å². The van der Waals surface area contributed by atoms with Crippen molar-refractivity contribution in [3.63, 3.8) is 0 Å². The van der Waals surface area contributed by atoms with Crippen LogP contribution in [0.15, 0.2) is 30.3 Å². The van der Waals surface area contributed by atoms with E-state index < -0.39 is 0 Å². The lowest BCUT2D eigenvalue weighted by Crippen LogP contribution is -2.33. The summed E-state index contributed by atoms with van der Waals surface area (Å²) < 4.78 is 5.66. The van der Waals surface area contributed by atoms with Crippen LogP contribution in [-0.2, 0) is 0 Å². The first-order chi connectivity index (χ1) is 8.74. The number of aliphatic hydroxyl groups excluding tert-OH is 1. The number of benzene rings is 1. The SMILES string of the molecule is CC(C)N(CCCO)CCCOc1ccccc1. The van der Waals surface area contributed by atoms with Crippen LogP contribution in [0.1, 0.15) is 26.7 Å². The summed E-state index contributed by atoms with van der Waals surface area (Å²) in [5, 5.41) is 8.87. The molecule has 3 heteroatoms. The fourth-order valence-corrected chi connectivity index (χ4v) is 1.88. The second kappa shape index (κ2) is 8.95. The second-order valence-corrected chi connectivity index (χ2v) is 4.72. The Kier molecular flexibility index (Phi) is 7.46. The minimum absolute atomic E-state index is 0.268. The van der Waals surface area contributed by atoms with Crippen LogP contribution in [0.4, 0.5) is 0 Å². The monoisotopic (exact) mass is 251 g/mol. The zero-order valence-corrected chi connectivity index (χ0v) is 11.5. The van der Waals surface area contributed by atoms with Gasteiger partial charge in [0.1, 0.15) is 5.75 Å². The molecule has 1 rings (SSSR count). The summed E-state index contributed by atoms with van der Waals surface area (Å²) in [6.07, 6.45) is 1.86. The molecule has 1 aromatic rings. The topological polar surface area (TPSA) is 32.7 Å². The number of para-hydroxylation sites is 1. The van der Waals surface area contributed by atoms with E-state index in [0.717, 1.165) is 38.3 Å². The summed E-state index contributed by atoms with van der Waals surface area (Å²) in [6.45, 7) is 7.37. The number of hydrogen-bond acceptors (Lipinski definition) is 3. The molecule has 0 aliphatic rings. The average molecular weight is 251 g/mol. The van der Waals surface area contributed by atoms with Gasteiger partial charge in [-0.3, -0.25) is 0 Å². The summed E-state index contributed by atoms with van der Waals surface area (Å²) in [4.78, 5) is 2.38. The van der Waals surface area contributed by atoms with Gasteiger partial charge in [0.15, 0.2) is 0 Å². The first kappa shape index (κ1) is 15.0. The summed E-state index contributed by atoms with van der Waals surface area (Å²) in [5.74, 6) is 0.934. The largest absolute Gasteiger partial charge is 0.494 e. The Morgan fingerprint density at radius 1 is 1.11 bits per heavy atom. The van der Waals surface area contributed by atoms with E-state index in [1.807, 2.05) is 30.3 Å². The minimum atomic E-state index is 0.268. The van der Waals surface area contributed by atoms with E-state index in [0.29, 0.717) is 6.04 Å². The average Bonchev–Trinajstić information content (AvgIpc) is 2.38. The van der Waals surface area contributed by atoms with Crippen molar-refractivity contribution < 1.29 is 9.84 Å². The molecule has 1 aromatic carbocycles. The van der Waals surface area contributed by atoms with Crippen molar-refractivity contribution >= 4 is 0 Å². The van der Waals surface area contributed by atoms with E-state index in [-0.39, 0.29) is 6.61 Å². The number of ether oxygens (including phenoxy) is 1. The van der Waals surface area contributed by atoms with Crippen molar-refractivity contribution in [3.05, 3.63) is 30.3 Å². The Balaban J connectivity index is 2.18. The molecular weight excluding hydrogens is 226 g/mol. The van der Waals surface area contributed by atoms with Crippen LogP contribution < -0.4 is 4.74 Å². The molecule has 102 valence electrons. The molecule has 0 fully saturated rings. The second-order valence-electron chi connectivity index (χ2n) is 4.72. The molecule has 0 saturated carbocycles. The van der Waals surface area contributed by atoms with Gasteiger partial charge in [0, 0.05) is 25.7 Å². The molecule has 0 spiro atoms. The number of rotatable bonds is 9. The standard InChI is InChI=1S/C15H25NO2/c1-14(2)16(10-6-12-17)11-7-13-18-15-8-4-3-5-9-15/h3-5,8-9,14,17H,6-7,10-13H2,1-2H3. The molecule has 0 aliphatic carbocycles. The molecule has 18 heavy (non-hydrogen) atoms. The molecule has 0 atom stereocenters. The van der Waals surface area contributed by atoms with E-state index in [4.69, 9.17) is 9.84 Å². The van der Waals surface area contributed by atoms with Crippen molar-refractivity contribution in [1.29, 1.82) is 0 Å². The van der Waals surface area contributed by atoms with Gasteiger partial charge in [-0.05, 0) is 38.8 Å². The Labute approximate surface area is 110 Å². The molecule has 0 radical (unpaired) electrons. The number of aliphatic hydroxyl groups is 1. The zero-order chi connectivity index (χ0) is 13.2. The van der Waals surface area contributed by atoms with Crippen LogP contribution in [0.2, 0.25) is 0 Å². The number of nitrogens with zero attached hydrogens (tertiary/aromatic N) is 1. The van der Waals surface area contributed by atoms with Crippen molar-refractivity contribution in [2.24, 2.45) is 0 Å². The lowest BCUT2D eigenvalue weighted by atomic mass is 10.2. The van der Waals surface area contributed by atoms with Gasteiger partial charge in [-0.1, -0.05) is 18.2 Å². The molecular formula is C15H25NO2. The molecule has 0 aromatic heterocycles. The number of hydrogen-bond donors (Lipinski definition) is 1. The van der Waals surface area contributed by atoms with E-state index in [1.54, 1.807) is 0 Å². The predicted octanol–water partition coefficient (Wildman–Crippen LogP) is 2.55. The fraction of sp³-hybridized carbons (Fsp3) is 0.600. The summed E-state index contributed by atoms with van der Waals surface area (Å²) in [6, 6.07) is 10.4. The molecule has 0 amide bonds. The summed E-state index contributed by atoms with van der Waals surface area (Å²) in [5.41, 5.74) is 0. The van der Waals surface area contributed by atoms with E-state index in [9.17, 15) is 0 Å². The van der Waals surface area contributed by atoms with Crippen molar-refractivity contribution in [3.8, 4) is 5.75 Å². The van der Waals surface area contributed by atoms with Gasteiger partial charge < -0.3 is 14.7 Å². The van der Waals surface area contributed by atoms with E-state index >= 15 is 0 Å². The van der Waals surface area contributed by atoms with Crippen LogP contribution in [0.3, 0.4) is 0 Å². The van der Waals surface area contributed by atoms with Crippen LogP contribution in [0.25, 0.3) is 0 Å². The predicted molar refractivity (Wildman–Crippen MR) is 75.0 cm³/mol. The lowest BCUT2D eigenvalue weighted by molar-refractivity contribution is 0.177. The highest BCUT2D eigenvalue weighted by atomic mass is 16.5. The van der Waals surface area contributed by atoms with Crippen LogP contribution in [-0.4, -0.2) is 42.4 Å². The van der Waals surface area contributed by atoms with Gasteiger partial charge >= 0.3 is 0 Å². The smallest absolute Gasteiger partial charge is 0.119 e. The Hall–Kier alpha value is -1.06. The Morgan fingerprint density at radius 3 is 2.39 bits per heavy atom. The van der Waals surface area contributed by atoms with Gasteiger partial charge in [0.05, 0.1) is 6.61 Å². The van der Waals surface area contributed by atoms with Crippen LogP contribution in [0, 0.1) is 0 Å². The van der Waals surface area contributed by atoms with Crippen LogP contribution >= 0.6 is 0 Å². The van der Waals surface area contributed by atoms with E-state index in [1.165, 1.54) is 0 Å². The maximum Gasteiger partial charge on any atom is 0.119 e. The highest BCUT2D eigenvalue weighted by Crippen LogP contribution is 2.09. The molecule has 1 N–H and O–H groups in total. The van der Waals surface area contributed by atoms with E-state index in [2.05, 4.69) is 18.7 Å². The zero-order valence-electron chi connectivity index (χ0n) is 11.5. The van der Waals surface area contributed by atoms with Gasteiger partial charge in [-0.2, -0.15) is 0 Å². The molecule has 3 nitrogen and oxygen atoms in total. The maximum absolute atomic E-state index is 8.87. The fourth-order valence-electron chi connectivity index (χ4n) is 1.88. The highest BCUT2D eigenvalue weighted by Gasteiger charge is 2.08. The van der Waals surface area contributed by atoms with Crippen molar-refractivity contribution in [1.82, 2.24) is 4.90 Å². The van der Waals surface area contributed by atoms with Crippen LogP contribution in [0.5, 0.6) is 5.75 Å². The summed E-state index contributed by atoms with van der Waals surface area (Å²) >= 11 is 0. The van der Waals surface area contributed by atoms with Gasteiger partial charge in [0.25, 0.3) is 0 Å². The third-order valence-corrected chi connectivity index (χ3v) is 2.94. The molecule has 0 saturated heterocycles. The first-order valence-corrected chi connectivity index (χ1v) is 6.77. The van der Waals surface area contributed by atoms with Gasteiger partial charge in [-0.25, -0.2) is 0 Å². The van der Waals surface area contributed by atoms with Gasteiger partial charge in [0.2, 0.25) is 0 Å². The third kappa shape index (κ3) is 6.03. The summed E-state index contributed by atoms with van der Waals surface area (Å²) in [7, 11) is 0. The molecule has 0 unspecified atom stereocenters. The van der Waals surface area contributed by atoms with Crippen molar-refractivity contribution in [2.75, 3.05) is 26.3 Å². The lowest BCUT2D eigenvalue weighted by Gasteiger charge is -2.26. The molecule has 0 aliphatic heterocycles. The first-order valence-electron chi connectivity index (χ1n) is 6.77. The highest BCUT2D eigenvalue weighted by molar-refractivity contribution is 5.20. The maximum atomic E-state index is 8.87. The van der Waals surface area contributed by atoms with Crippen molar-refractivity contribution in [2.45, 2.75) is 32.7 Å². The third-order valence-electron chi connectivity index (χ3n) is 2.94. The molecule has 0 heterocycles. The minimum Gasteiger partial charge on any atom is -0.494 e. The normalized spacial score (nSPS) is 11.2. The Morgan fingerprint density at radius 2 is 1.78 bits per heavy atom. The quantitative estimate of drug-likeness (QED) is 0.685. The molecule has 0 bridgehead atoms.